The Bertz CT molecular complexity index is 478. The lowest BCUT2D eigenvalue weighted by Gasteiger charge is -2.24. The van der Waals surface area contributed by atoms with E-state index in [9.17, 15) is 4.79 Å². The molecule has 2 heterocycles. The van der Waals surface area contributed by atoms with Crippen LogP contribution in [0.4, 0.5) is 0 Å². The average molecular weight is 263 g/mol. The van der Waals surface area contributed by atoms with Crippen molar-refractivity contribution in [1.82, 2.24) is 5.06 Å². The number of rotatable bonds is 4. The van der Waals surface area contributed by atoms with Crippen molar-refractivity contribution in [1.29, 1.82) is 0 Å². The topological polar surface area (TPSA) is 51.3 Å². The van der Waals surface area contributed by atoms with Gasteiger partial charge in [-0.1, -0.05) is 30.3 Å². The normalized spacial score (nSPS) is 32.9. The van der Waals surface area contributed by atoms with Crippen molar-refractivity contribution in [2.45, 2.75) is 38.3 Å². The smallest absolute Gasteiger partial charge is 0.328 e. The van der Waals surface area contributed by atoms with E-state index in [1.54, 1.807) is 12.0 Å². The van der Waals surface area contributed by atoms with Crippen LogP contribution in [0, 0.1) is 0 Å². The van der Waals surface area contributed by atoms with Gasteiger partial charge in [0.05, 0.1) is 13.2 Å². The molecule has 2 aliphatic rings. The van der Waals surface area contributed by atoms with E-state index in [1.165, 1.54) is 0 Å². The third-order valence-corrected chi connectivity index (χ3v) is 3.43. The standard InChI is InChI=1S/C14H17NO4/c1-3-17-13(16)11-12-14(2,18-12)19-15(11)9-10-7-5-4-6-8-10/h4-8,11-12H,3,9H2,1-2H3/t11-,12+,14-/m0/s1. The van der Waals surface area contributed by atoms with E-state index >= 15 is 0 Å². The third kappa shape index (κ3) is 2.25. The third-order valence-electron chi connectivity index (χ3n) is 3.43. The Kier molecular flexibility index (Phi) is 3.05. The number of nitrogens with zero attached hydrogens (tertiary/aromatic N) is 1. The summed E-state index contributed by atoms with van der Waals surface area (Å²) in [6, 6.07) is 9.40. The molecule has 0 bridgehead atoms. The lowest BCUT2D eigenvalue weighted by Crippen LogP contribution is -2.41. The largest absolute Gasteiger partial charge is 0.465 e. The molecule has 0 aromatic heterocycles. The first-order valence-electron chi connectivity index (χ1n) is 6.48. The summed E-state index contributed by atoms with van der Waals surface area (Å²) in [5.74, 6) is -0.948. The van der Waals surface area contributed by atoms with Crippen LogP contribution >= 0.6 is 0 Å². The van der Waals surface area contributed by atoms with Gasteiger partial charge in [0.15, 0.2) is 6.04 Å². The van der Waals surface area contributed by atoms with E-state index in [4.69, 9.17) is 14.3 Å². The lowest BCUT2D eigenvalue weighted by atomic mass is 10.1. The second-order valence-corrected chi connectivity index (χ2v) is 4.90. The van der Waals surface area contributed by atoms with Gasteiger partial charge in [0, 0.05) is 0 Å². The molecule has 1 aromatic carbocycles. The van der Waals surface area contributed by atoms with Crippen LogP contribution in [0.25, 0.3) is 0 Å². The van der Waals surface area contributed by atoms with Crippen LogP contribution < -0.4 is 0 Å². The van der Waals surface area contributed by atoms with E-state index in [0.717, 1.165) is 5.56 Å². The first-order chi connectivity index (χ1) is 9.14. The molecule has 0 spiro atoms. The molecule has 5 nitrogen and oxygen atoms in total. The summed E-state index contributed by atoms with van der Waals surface area (Å²) >= 11 is 0. The number of benzene rings is 1. The Morgan fingerprint density at radius 1 is 1.42 bits per heavy atom. The van der Waals surface area contributed by atoms with Gasteiger partial charge in [0.1, 0.15) is 6.10 Å². The molecule has 2 fully saturated rings. The minimum Gasteiger partial charge on any atom is -0.465 e. The molecule has 0 saturated carbocycles. The molecule has 0 N–H and O–H groups in total. The van der Waals surface area contributed by atoms with Crippen molar-refractivity contribution in [3.05, 3.63) is 35.9 Å². The van der Waals surface area contributed by atoms with Crippen molar-refractivity contribution >= 4 is 5.97 Å². The van der Waals surface area contributed by atoms with Crippen LogP contribution in [-0.2, 0) is 25.7 Å². The van der Waals surface area contributed by atoms with E-state index in [1.807, 2.05) is 37.3 Å². The fourth-order valence-corrected chi connectivity index (χ4v) is 2.45. The molecule has 2 saturated heterocycles. The van der Waals surface area contributed by atoms with Gasteiger partial charge in [-0.2, -0.15) is 5.06 Å². The van der Waals surface area contributed by atoms with Gasteiger partial charge in [-0.25, -0.2) is 0 Å². The highest BCUT2D eigenvalue weighted by Crippen LogP contribution is 2.48. The van der Waals surface area contributed by atoms with Gasteiger partial charge in [0.25, 0.3) is 0 Å². The van der Waals surface area contributed by atoms with Gasteiger partial charge in [-0.3, -0.25) is 9.63 Å². The summed E-state index contributed by atoms with van der Waals surface area (Å²) in [6.07, 6.45) is -0.227. The number of hydrogen-bond donors (Lipinski definition) is 0. The van der Waals surface area contributed by atoms with Crippen molar-refractivity contribution in [2.75, 3.05) is 6.61 Å². The summed E-state index contributed by atoms with van der Waals surface area (Å²) < 4.78 is 10.5. The van der Waals surface area contributed by atoms with E-state index < -0.39 is 11.8 Å². The maximum absolute atomic E-state index is 12.0. The maximum Gasteiger partial charge on any atom is 0.328 e. The molecule has 3 rings (SSSR count). The van der Waals surface area contributed by atoms with Crippen LogP contribution in [0.2, 0.25) is 0 Å². The van der Waals surface area contributed by atoms with E-state index in [-0.39, 0.29) is 12.1 Å². The predicted molar refractivity (Wildman–Crippen MR) is 66.8 cm³/mol. The zero-order valence-corrected chi connectivity index (χ0v) is 11.0. The molecular weight excluding hydrogens is 246 g/mol. The Hall–Kier alpha value is -1.43. The second kappa shape index (κ2) is 4.59. The van der Waals surface area contributed by atoms with Crippen LogP contribution in [-0.4, -0.2) is 35.6 Å². The first kappa shape index (κ1) is 12.6. The monoisotopic (exact) mass is 263 g/mol. The molecular formula is C14H17NO4. The highest BCUT2D eigenvalue weighted by atomic mass is 16.9. The van der Waals surface area contributed by atoms with Crippen LogP contribution in [0.3, 0.4) is 0 Å². The summed E-state index contributed by atoms with van der Waals surface area (Å²) in [5, 5.41) is 1.67. The van der Waals surface area contributed by atoms with Gasteiger partial charge in [-0.05, 0) is 19.4 Å². The van der Waals surface area contributed by atoms with Crippen LogP contribution in [0.1, 0.15) is 19.4 Å². The molecule has 0 amide bonds. The molecule has 0 unspecified atom stereocenters. The first-order valence-corrected chi connectivity index (χ1v) is 6.48. The van der Waals surface area contributed by atoms with Crippen molar-refractivity contribution in [2.24, 2.45) is 0 Å². The molecule has 0 aliphatic carbocycles. The molecule has 102 valence electrons. The molecule has 3 atom stereocenters. The number of carbonyl (C=O) groups is 1. The van der Waals surface area contributed by atoms with E-state index in [2.05, 4.69) is 0 Å². The van der Waals surface area contributed by atoms with Crippen LogP contribution in [0.15, 0.2) is 30.3 Å². The number of hydroxylamine groups is 2. The molecule has 5 heteroatoms. The van der Waals surface area contributed by atoms with Gasteiger partial charge in [-0.15, -0.1) is 0 Å². The maximum atomic E-state index is 12.0. The minimum absolute atomic E-state index is 0.227. The average Bonchev–Trinajstić information content (AvgIpc) is 2.94. The minimum atomic E-state index is -0.661. The van der Waals surface area contributed by atoms with Gasteiger partial charge in [0.2, 0.25) is 5.79 Å². The van der Waals surface area contributed by atoms with Gasteiger partial charge >= 0.3 is 5.97 Å². The zero-order chi connectivity index (χ0) is 13.5. The number of epoxide rings is 1. The molecule has 19 heavy (non-hydrogen) atoms. The Labute approximate surface area is 112 Å². The summed E-state index contributed by atoms with van der Waals surface area (Å²) in [5.41, 5.74) is 1.08. The summed E-state index contributed by atoms with van der Waals surface area (Å²) in [4.78, 5) is 17.7. The fourth-order valence-electron chi connectivity index (χ4n) is 2.45. The number of hydrogen-bond acceptors (Lipinski definition) is 5. The molecule has 2 aliphatic heterocycles. The lowest BCUT2D eigenvalue weighted by molar-refractivity contribution is -0.247. The summed E-state index contributed by atoms with van der Waals surface area (Å²) in [7, 11) is 0. The number of fused-ring (bicyclic) bond motifs is 1. The molecule has 1 aromatic rings. The highest BCUT2D eigenvalue weighted by Gasteiger charge is 2.69. The predicted octanol–water partition coefficient (Wildman–Crippen LogP) is 1.48. The SMILES string of the molecule is CCOC(=O)[C@@H]1[C@H]2O[C@@]2(C)ON1Cc1ccccc1. The summed E-state index contributed by atoms with van der Waals surface area (Å²) in [6.45, 7) is 4.54. The van der Waals surface area contributed by atoms with Crippen molar-refractivity contribution < 1.29 is 19.1 Å². The zero-order valence-electron chi connectivity index (χ0n) is 11.0. The number of esters is 1. The highest BCUT2D eigenvalue weighted by molar-refractivity contribution is 5.77. The van der Waals surface area contributed by atoms with Crippen molar-refractivity contribution in [3.63, 3.8) is 0 Å². The van der Waals surface area contributed by atoms with Gasteiger partial charge < -0.3 is 9.47 Å². The quantitative estimate of drug-likeness (QED) is 0.608. The number of ether oxygens (including phenoxy) is 2. The Balaban J connectivity index is 1.75. The van der Waals surface area contributed by atoms with Crippen LogP contribution in [0.5, 0.6) is 0 Å². The second-order valence-electron chi connectivity index (χ2n) is 4.90. The number of carbonyl (C=O) groups excluding carboxylic acids is 1. The van der Waals surface area contributed by atoms with E-state index in [0.29, 0.717) is 13.2 Å². The molecule has 0 radical (unpaired) electrons. The van der Waals surface area contributed by atoms with Crippen molar-refractivity contribution in [3.8, 4) is 0 Å². The fraction of sp³-hybridized carbons (Fsp3) is 0.500. The Morgan fingerprint density at radius 2 is 2.16 bits per heavy atom. The Morgan fingerprint density at radius 3 is 2.84 bits per heavy atom.